The van der Waals surface area contributed by atoms with Crippen LogP contribution in [-0.4, -0.2) is 26.2 Å². The number of nitrogens with one attached hydrogen (secondary N) is 4. The molecule has 0 saturated heterocycles. The van der Waals surface area contributed by atoms with Crippen LogP contribution >= 0.6 is 0 Å². The molecule has 0 aromatic carbocycles. The lowest BCUT2D eigenvalue weighted by Crippen LogP contribution is -2.55. The Morgan fingerprint density at radius 3 is 1.58 bits per heavy atom. The summed E-state index contributed by atoms with van der Waals surface area (Å²) in [5.41, 5.74) is 12.5. The maximum atomic E-state index is 3.27. The van der Waals surface area contributed by atoms with Gasteiger partial charge in [-0.3, -0.25) is 21.7 Å². The Balaban J connectivity index is 2.31. The van der Waals surface area contributed by atoms with Crippen LogP contribution in [0, 0.1) is 0 Å². The molecule has 4 heteroatoms. The fraction of sp³-hybridized carbons (Fsp3) is 1.00. The molecule has 0 radical (unpaired) electrons. The summed E-state index contributed by atoms with van der Waals surface area (Å²) in [5, 5.41) is 0. The SMILES string of the molecule is CNN[C@@H]1CCCC[C@H]1NNC. The average molecular weight is 172 g/mol. The van der Waals surface area contributed by atoms with Gasteiger partial charge in [-0.05, 0) is 26.9 Å². The second kappa shape index (κ2) is 5.48. The van der Waals surface area contributed by atoms with Crippen molar-refractivity contribution in [1.29, 1.82) is 0 Å². The molecule has 1 saturated carbocycles. The van der Waals surface area contributed by atoms with Crippen molar-refractivity contribution in [1.82, 2.24) is 21.7 Å². The molecule has 0 heterocycles. The third kappa shape index (κ3) is 2.71. The van der Waals surface area contributed by atoms with E-state index in [1.54, 1.807) is 0 Å². The van der Waals surface area contributed by atoms with Gasteiger partial charge in [-0.25, -0.2) is 0 Å². The first kappa shape index (κ1) is 9.92. The van der Waals surface area contributed by atoms with E-state index in [9.17, 15) is 0 Å². The highest BCUT2D eigenvalue weighted by atomic mass is 15.4. The Bertz CT molecular complexity index is 99.6. The van der Waals surface area contributed by atoms with E-state index in [1.165, 1.54) is 25.7 Å². The Morgan fingerprint density at radius 2 is 1.25 bits per heavy atom. The highest BCUT2D eigenvalue weighted by Gasteiger charge is 2.23. The zero-order valence-electron chi connectivity index (χ0n) is 7.98. The summed E-state index contributed by atoms with van der Waals surface area (Å²) in [7, 11) is 3.84. The van der Waals surface area contributed by atoms with Crippen molar-refractivity contribution < 1.29 is 0 Å². The second-order valence-corrected chi connectivity index (χ2v) is 3.29. The average Bonchev–Trinajstić information content (AvgIpc) is 2.09. The van der Waals surface area contributed by atoms with Gasteiger partial charge in [0.2, 0.25) is 0 Å². The number of hydrogen-bond donors (Lipinski definition) is 4. The molecule has 0 aromatic rings. The quantitative estimate of drug-likeness (QED) is 0.442. The third-order valence-electron chi connectivity index (χ3n) is 2.43. The van der Waals surface area contributed by atoms with Crippen LogP contribution in [0.15, 0.2) is 0 Å². The second-order valence-electron chi connectivity index (χ2n) is 3.29. The minimum atomic E-state index is 0.552. The summed E-state index contributed by atoms with van der Waals surface area (Å²) in [6.07, 6.45) is 5.17. The topological polar surface area (TPSA) is 48.1 Å². The Hall–Kier alpha value is -0.160. The van der Waals surface area contributed by atoms with Crippen molar-refractivity contribution in [2.45, 2.75) is 37.8 Å². The minimum absolute atomic E-state index is 0.552. The smallest absolute Gasteiger partial charge is 0.0379 e. The van der Waals surface area contributed by atoms with Crippen molar-refractivity contribution >= 4 is 0 Å². The standard InChI is InChI=1S/C8H20N4/c1-9-11-7-5-3-4-6-8(7)12-10-2/h7-12H,3-6H2,1-2H3/t7-,8-/m1/s1. The minimum Gasteiger partial charge on any atom is -0.261 e. The van der Waals surface area contributed by atoms with Crippen LogP contribution < -0.4 is 21.7 Å². The molecule has 1 rings (SSSR count). The summed E-state index contributed by atoms with van der Waals surface area (Å²) in [6.45, 7) is 0. The van der Waals surface area contributed by atoms with Gasteiger partial charge < -0.3 is 0 Å². The Kier molecular flexibility index (Phi) is 4.53. The van der Waals surface area contributed by atoms with Crippen molar-refractivity contribution in [3.63, 3.8) is 0 Å². The van der Waals surface area contributed by atoms with E-state index in [0.29, 0.717) is 12.1 Å². The molecule has 1 aliphatic carbocycles. The summed E-state index contributed by atoms with van der Waals surface area (Å²) >= 11 is 0. The lowest BCUT2D eigenvalue weighted by molar-refractivity contribution is 0.253. The summed E-state index contributed by atoms with van der Waals surface area (Å²) < 4.78 is 0. The monoisotopic (exact) mass is 172 g/mol. The summed E-state index contributed by atoms with van der Waals surface area (Å²) in [5.74, 6) is 0. The summed E-state index contributed by atoms with van der Waals surface area (Å²) in [4.78, 5) is 0. The van der Waals surface area contributed by atoms with E-state index >= 15 is 0 Å². The molecule has 0 aromatic heterocycles. The van der Waals surface area contributed by atoms with Gasteiger partial charge in [-0.1, -0.05) is 12.8 Å². The largest absolute Gasteiger partial charge is 0.261 e. The van der Waals surface area contributed by atoms with Gasteiger partial charge in [0.25, 0.3) is 0 Å². The fourth-order valence-corrected chi connectivity index (χ4v) is 1.85. The van der Waals surface area contributed by atoms with Gasteiger partial charge >= 0.3 is 0 Å². The van der Waals surface area contributed by atoms with Crippen LogP contribution in [0.3, 0.4) is 0 Å². The van der Waals surface area contributed by atoms with Crippen LogP contribution in [0.2, 0.25) is 0 Å². The van der Waals surface area contributed by atoms with Gasteiger partial charge in [0.1, 0.15) is 0 Å². The maximum absolute atomic E-state index is 3.27. The molecule has 1 fully saturated rings. The van der Waals surface area contributed by atoms with E-state index in [0.717, 1.165) is 0 Å². The molecule has 4 nitrogen and oxygen atoms in total. The lowest BCUT2D eigenvalue weighted by Gasteiger charge is -2.32. The van der Waals surface area contributed by atoms with Crippen molar-refractivity contribution in [3.05, 3.63) is 0 Å². The van der Waals surface area contributed by atoms with Crippen molar-refractivity contribution in [2.75, 3.05) is 14.1 Å². The highest BCUT2D eigenvalue weighted by molar-refractivity contribution is 4.83. The van der Waals surface area contributed by atoms with E-state index < -0.39 is 0 Å². The van der Waals surface area contributed by atoms with Crippen LogP contribution in [0.1, 0.15) is 25.7 Å². The predicted octanol–water partition coefficient (Wildman–Crippen LogP) is -0.254. The predicted molar refractivity (Wildman–Crippen MR) is 50.4 cm³/mol. The lowest BCUT2D eigenvalue weighted by atomic mass is 9.91. The first-order valence-corrected chi connectivity index (χ1v) is 4.73. The number of hydrogen-bond acceptors (Lipinski definition) is 4. The zero-order valence-corrected chi connectivity index (χ0v) is 7.98. The van der Waals surface area contributed by atoms with Crippen LogP contribution in [0.25, 0.3) is 0 Å². The number of rotatable bonds is 4. The summed E-state index contributed by atoms with van der Waals surface area (Å²) in [6, 6.07) is 1.10. The zero-order chi connectivity index (χ0) is 8.81. The fourth-order valence-electron chi connectivity index (χ4n) is 1.85. The van der Waals surface area contributed by atoms with E-state index in [1.807, 2.05) is 14.1 Å². The van der Waals surface area contributed by atoms with Gasteiger partial charge in [-0.15, -0.1) is 0 Å². The molecule has 1 aliphatic rings. The molecule has 12 heavy (non-hydrogen) atoms. The Labute approximate surface area is 74.4 Å². The molecule has 0 bridgehead atoms. The van der Waals surface area contributed by atoms with Gasteiger partial charge in [0.15, 0.2) is 0 Å². The van der Waals surface area contributed by atoms with E-state index in [-0.39, 0.29) is 0 Å². The van der Waals surface area contributed by atoms with Crippen LogP contribution in [-0.2, 0) is 0 Å². The normalized spacial score (nSPS) is 30.5. The molecular formula is C8H20N4. The third-order valence-corrected chi connectivity index (χ3v) is 2.43. The highest BCUT2D eigenvalue weighted by Crippen LogP contribution is 2.17. The van der Waals surface area contributed by atoms with Crippen molar-refractivity contribution in [2.24, 2.45) is 0 Å². The van der Waals surface area contributed by atoms with Crippen molar-refractivity contribution in [3.8, 4) is 0 Å². The molecule has 2 atom stereocenters. The van der Waals surface area contributed by atoms with Crippen LogP contribution in [0.5, 0.6) is 0 Å². The van der Waals surface area contributed by atoms with Gasteiger partial charge in [0.05, 0.1) is 0 Å². The Morgan fingerprint density at radius 1 is 0.833 bits per heavy atom. The van der Waals surface area contributed by atoms with E-state index in [4.69, 9.17) is 0 Å². The van der Waals surface area contributed by atoms with Gasteiger partial charge in [0, 0.05) is 12.1 Å². The molecule has 0 aliphatic heterocycles. The molecule has 4 N–H and O–H groups in total. The molecule has 0 spiro atoms. The molecule has 0 unspecified atom stereocenters. The first-order valence-electron chi connectivity index (χ1n) is 4.73. The van der Waals surface area contributed by atoms with Gasteiger partial charge in [-0.2, -0.15) is 0 Å². The van der Waals surface area contributed by atoms with E-state index in [2.05, 4.69) is 21.7 Å². The first-order chi connectivity index (χ1) is 5.88. The maximum Gasteiger partial charge on any atom is 0.0379 e. The van der Waals surface area contributed by atoms with Crippen LogP contribution in [0.4, 0.5) is 0 Å². The molecule has 0 amide bonds. The number of hydrazine groups is 2. The molecular weight excluding hydrogens is 152 g/mol. The molecule has 72 valence electrons.